The summed E-state index contributed by atoms with van der Waals surface area (Å²) < 4.78 is 39.1. The Bertz CT molecular complexity index is 839. The number of piperidine rings is 1. The number of alkyl halides is 3. The van der Waals surface area contributed by atoms with Crippen molar-refractivity contribution in [2.45, 2.75) is 45.2 Å². The third-order valence-corrected chi connectivity index (χ3v) is 5.85. The molecule has 0 bridgehead atoms. The number of hydrogen-bond acceptors (Lipinski definition) is 1. The van der Waals surface area contributed by atoms with Crippen LogP contribution in [-0.2, 0) is 12.8 Å². The quantitative estimate of drug-likeness (QED) is 0.782. The molecule has 1 saturated heterocycles. The summed E-state index contributed by atoms with van der Waals surface area (Å²) in [6.07, 6.45) is -0.595. The number of nitrogens with one attached hydrogen (secondary N) is 1. The summed E-state index contributed by atoms with van der Waals surface area (Å²) >= 11 is 0. The monoisotopic (exact) mass is 364 g/mol. The molecule has 140 valence electrons. The summed E-state index contributed by atoms with van der Waals surface area (Å²) in [5, 5.41) is 1.04. The number of aryl methyl sites for hydroxylation is 1. The zero-order valence-corrected chi connectivity index (χ0v) is 14.8. The van der Waals surface area contributed by atoms with E-state index in [0.717, 1.165) is 30.2 Å². The summed E-state index contributed by atoms with van der Waals surface area (Å²) in [5.74, 6) is -1.10. The van der Waals surface area contributed by atoms with E-state index in [1.807, 2.05) is 12.1 Å². The summed E-state index contributed by atoms with van der Waals surface area (Å²) in [4.78, 5) is 17.6. The predicted octanol–water partition coefficient (Wildman–Crippen LogP) is 4.71. The number of carbonyl (C=O) groups is 1. The maximum absolute atomic E-state index is 13.0. The molecular weight excluding hydrogens is 341 g/mol. The molecule has 2 heterocycles. The molecule has 1 amide bonds. The van der Waals surface area contributed by atoms with Gasteiger partial charge in [0.1, 0.15) is 0 Å². The van der Waals surface area contributed by atoms with Gasteiger partial charge in [0.05, 0.1) is 5.92 Å². The average Bonchev–Trinajstić information content (AvgIpc) is 2.97. The van der Waals surface area contributed by atoms with Gasteiger partial charge in [-0.3, -0.25) is 4.79 Å². The Labute approximate surface area is 150 Å². The van der Waals surface area contributed by atoms with Crippen molar-refractivity contribution in [2.75, 3.05) is 13.1 Å². The van der Waals surface area contributed by atoms with Crippen LogP contribution in [0.25, 0.3) is 10.9 Å². The summed E-state index contributed by atoms with van der Waals surface area (Å²) in [6.45, 7) is 2.39. The van der Waals surface area contributed by atoms with Gasteiger partial charge in [0.15, 0.2) is 0 Å². The smallest absolute Gasteiger partial charge is 0.358 e. The van der Waals surface area contributed by atoms with Crippen molar-refractivity contribution in [2.24, 2.45) is 11.8 Å². The molecule has 4 rings (SSSR count). The van der Waals surface area contributed by atoms with Gasteiger partial charge in [-0.1, -0.05) is 6.92 Å². The lowest BCUT2D eigenvalue weighted by Crippen LogP contribution is -2.44. The molecule has 1 aliphatic heterocycles. The SMILES string of the molecule is C[C@@H]1CCc2[nH]c3ccc(C(=O)N4CCC[C@@H](C(F)(F)F)C4)cc3c2C1. The van der Waals surface area contributed by atoms with Gasteiger partial charge in [0, 0.05) is 35.2 Å². The van der Waals surface area contributed by atoms with Crippen molar-refractivity contribution in [1.29, 1.82) is 0 Å². The van der Waals surface area contributed by atoms with Crippen LogP contribution in [0.4, 0.5) is 13.2 Å². The number of amides is 1. The van der Waals surface area contributed by atoms with Crippen LogP contribution in [0.15, 0.2) is 18.2 Å². The van der Waals surface area contributed by atoms with E-state index in [1.54, 1.807) is 6.07 Å². The molecule has 1 aliphatic carbocycles. The largest absolute Gasteiger partial charge is 0.393 e. The Hall–Kier alpha value is -1.98. The van der Waals surface area contributed by atoms with Gasteiger partial charge in [0.2, 0.25) is 0 Å². The van der Waals surface area contributed by atoms with Gasteiger partial charge < -0.3 is 9.88 Å². The number of rotatable bonds is 1. The number of likely N-dealkylation sites (tertiary alicyclic amines) is 1. The van der Waals surface area contributed by atoms with Crippen molar-refractivity contribution >= 4 is 16.8 Å². The Kier molecular flexibility index (Phi) is 4.24. The van der Waals surface area contributed by atoms with Crippen molar-refractivity contribution in [3.63, 3.8) is 0 Å². The van der Waals surface area contributed by atoms with E-state index >= 15 is 0 Å². The maximum Gasteiger partial charge on any atom is 0.393 e. The molecule has 3 nitrogen and oxygen atoms in total. The molecule has 2 aromatic rings. The van der Waals surface area contributed by atoms with Crippen LogP contribution < -0.4 is 0 Å². The second kappa shape index (κ2) is 6.32. The molecule has 0 saturated carbocycles. The fourth-order valence-corrected chi connectivity index (χ4v) is 4.34. The van der Waals surface area contributed by atoms with Crippen LogP contribution >= 0.6 is 0 Å². The van der Waals surface area contributed by atoms with Crippen molar-refractivity contribution in [1.82, 2.24) is 9.88 Å². The molecule has 1 aromatic carbocycles. The number of benzene rings is 1. The summed E-state index contributed by atoms with van der Waals surface area (Å²) in [6, 6.07) is 5.48. The lowest BCUT2D eigenvalue weighted by atomic mass is 9.87. The van der Waals surface area contributed by atoms with Crippen LogP contribution in [0.3, 0.4) is 0 Å². The highest BCUT2D eigenvalue weighted by Gasteiger charge is 2.42. The molecule has 0 radical (unpaired) electrons. The first-order valence-electron chi connectivity index (χ1n) is 9.32. The molecule has 26 heavy (non-hydrogen) atoms. The van der Waals surface area contributed by atoms with E-state index in [9.17, 15) is 18.0 Å². The second-order valence-corrected chi connectivity index (χ2v) is 7.82. The van der Waals surface area contributed by atoms with Gasteiger partial charge in [-0.15, -0.1) is 0 Å². The van der Waals surface area contributed by atoms with E-state index in [2.05, 4.69) is 11.9 Å². The van der Waals surface area contributed by atoms with Gasteiger partial charge in [0.25, 0.3) is 5.91 Å². The number of nitrogens with zero attached hydrogens (tertiary/aromatic N) is 1. The average molecular weight is 364 g/mol. The standard InChI is InChI=1S/C20H23F3N2O/c1-12-4-6-17-15(9-12)16-10-13(5-7-18(16)24-17)19(26)25-8-2-3-14(11-25)20(21,22)23/h5,7,10,12,14,24H,2-4,6,8-9,11H2,1H3/t12-,14-/m1/s1. The van der Waals surface area contributed by atoms with Crippen LogP contribution in [-0.4, -0.2) is 35.1 Å². The van der Waals surface area contributed by atoms with Crippen LogP contribution in [0.5, 0.6) is 0 Å². The minimum atomic E-state index is -4.24. The highest BCUT2D eigenvalue weighted by molar-refractivity contribution is 5.99. The minimum Gasteiger partial charge on any atom is -0.358 e. The van der Waals surface area contributed by atoms with Gasteiger partial charge in [-0.05, 0) is 61.8 Å². The van der Waals surface area contributed by atoms with Crippen molar-refractivity contribution < 1.29 is 18.0 Å². The second-order valence-electron chi connectivity index (χ2n) is 7.82. The van der Waals surface area contributed by atoms with Gasteiger partial charge in [-0.25, -0.2) is 0 Å². The minimum absolute atomic E-state index is 0.107. The van der Waals surface area contributed by atoms with E-state index in [-0.39, 0.29) is 18.9 Å². The van der Waals surface area contributed by atoms with Crippen LogP contribution in [0, 0.1) is 11.8 Å². The molecular formula is C20H23F3N2O. The Balaban J connectivity index is 1.62. The predicted molar refractivity (Wildman–Crippen MR) is 94.2 cm³/mol. The first-order valence-corrected chi connectivity index (χ1v) is 9.32. The zero-order chi connectivity index (χ0) is 18.5. The Morgan fingerprint density at radius 1 is 1.27 bits per heavy atom. The highest BCUT2D eigenvalue weighted by Crippen LogP contribution is 2.35. The number of halogens is 3. The first kappa shape index (κ1) is 17.4. The molecule has 2 aliphatic rings. The normalized spacial score (nSPS) is 23.9. The van der Waals surface area contributed by atoms with Crippen molar-refractivity contribution in [3.8, 4) is 0 Å². The zero-order valence-electron chi connectivity index (χ0n) is 14.8. The molecule has 1 fully saturated rings. The van der Waals surface area contributed by atoms with E-state index in [1.165, 1.54) is 16.2 Å². The molecule has 6 heteroatoms. The third kappa shape index (κ3) is 3.10. The van der Waals surface area contributed by atoms with Crippen molar-refractivity contribution in [3.05, 3.63) is 35.0 Å². The highest BCUT2D eigenvalue weighted by atomic mass is 19.4. The molecule has 1 aromatic heterocycles. The molecule has 2 atom stereocenters. The number of H-pyrrole nitrogens is 1. The molecule has 0 unspecified atom stereocenters. The fraction of sp³-hybridized carbons (Fsp3) is 0.550. The van der Waals surface area contributed by atoms with Crippen LogP contribution in [0.1, 0.15) is 47.8 Å². The van der Waals surface area contributed by atoms with E-state index in [4.69, 9.17) is 0 Å². The third-order valence-electron chi connectivity index (χ3n) is 5.85. The lowest BCUT2D eigenvalue weighted by Gasteiger charge is -2.33. The van der Waals surface area contributed by atoms with E-state index in [0.29, 0.717) is 24.4 Å². The number of aromatic amines is 1. The fourth-order valence-electron chi connectivity index (χ4n) is 4.34. The molecule has 0 spiro atoms. The summed E-state index contributed by atoms with van der Waals surface area (Å²) in [5.41, 5.74) is 3.99. The lowest BCUT2D eigenvalue weighted by molar-refractivity contribution is -0.184. The number of hydrogen-bond donors (Lipinski definition) is 1. The number of carbonyl (C=O) groups excluding carboxylic acids is 1. The van der Waals surface area contributed by atoms with Crippen LogP contribution in [0.2, 0.25) is 0 Å². The summed E-state index contributed by atoms with van der Waals surface area (Å²) in [7, 11) is 0. The number of aromatic nitrogens is 1. The Morgan fingerprint density at radius 2 is 2.08 bits per heavy atom. The Morgan fingerprint density at radius 3 is 2.85 bits per heavy atom. The topological polar surface area (TPSA) is 36.1 Å². The van der Waals surface area contributed by atoms with Gasteiger partial charge in [-0.2, -0.15) is 13.2 Å². The van der Waals surface area contributed by atoms with E-state index < -0.39 is 12.1 Å². The number of fused-ring (bicyclic) bond motifs is 3. The first-order chi connectivity index (χ1) is 12.3. The molecule has 1 N–H and O–H groups in total. The maximum atomic E-state index is 13.0. The van der Waals surface area contributed by atoms with Gasteiger partial charge >= 0.3 is 6.18 Å².